The van der Waals surface area contributed by atoms with E-state index in [9.17, 15) is 0 Å². The maximum atomic E-state index is 6.18. The Morgan fingerprint density at radius 2 is 1.85 bits per heavy atom. The van der Waals surface area contributed by atoms with Crippen LogP contribution in [0.1, 0.15) is 11.1 Å². The standard InChI is InChI=1S/C19H24ClN5.HI/c1-15-14-22-8-6-16(15)7-9-23-19(21)25-12-10-24(11-13-25)18-4-2-17(20)3-5-18;/h2-6,8,14H,7,9-13H2,1H3,(H2,21,23);1H. The normalized spacial score (nSPS) is 14.9. The van der Waals surface area contributed by atoms with Crippen LogP contribution in [-0.2, 0) is 6.42 Å². The van der Waals surface area contributed by atoms with Gasteiger partial charge in [-0.25, -0.2) is 0 Å². The molecule has 1 aromatic carbocycles. The first-order valence-corrected chi connectivity index (χ1v) is 8.96. The highest BCUT2D eigenvalue weighted by atomic mass is 127. The van der Waals surface area contributed by atoms with Gasteiger partial charge in [-0.05, 0) is 54.8 Å². The number of nitrogens with zero attached hydrogens (tertiary/aromatic N) is 4. The smallest absolute Gasteiger partial charge is 0.191 e. The Kier molecular flexibility index (Phi) is 7.96. The monoisotopic (exact) mass is 485 g/mol. The molecular formula is C19H25ClIN5. The minimum absolute atomic E-state index is 0. The van der Waals surface area contributed by atoms with E-state index in [-0.39, 0.29) is 24.0 Å². The molecule has 0 bridgehead atoms. The minimum Gasteiger partial charge on any atom is -0.370 e. The van der Waals surface area contributed by atoms with Gasteiger partial charge in [0, 0.05) is 55.8 Å². The number of anilines is 1. The summed E-state index contributed by atoms with van der Waals surface area (Å²) in [6.45, 7) is 6.40. The minimum atomic E-state index is 0. The molecule has 2 N–H and O–H groups in total. The summed E-state index contributed by atoms with van der Waals surface area (Å²) in [6, 6.07) is 10.0. The molecule has 5 nitrogen and oxygen atoms in total. The molecule has 2 aromatic rings. The Morgan fingerprint density at radius 1 is 1.15 bits per heavy atom. The van der Waals surface area contributed by atoms with Crippen molar-refractivity contribution in [1.82, 2.24) is 9.88 Å². The molecule has 7 heteroatoms. The fourth-order valence-electron chi connectivity index (χ4n) is 3.02. The molecule has 0 amide bonds. The fourth-order valence-corrected chi connectivity index (χ4v) is 3.15. The molecule has 0 spiro atoms. The second-order valence-corrected chi connectivity index (χ2v) is 6.68. The van der Waals surface area contributed by atoms with Crippen molar-refractivity contribution in [2.24, 2.45) is 10.7 Å². The SMILES string of the molecule is Cc1cnccc1CCN=C(N)N1CCN(c2ccc(Cl)cc2)CC1.I. The molecule has 0 atom stereocenters. The Morgan fingerprint density at radius 3 is 2.50 bits per heavy atom. The number of hydrogen-bond donors (Lipinski definition) is 1. The molecule has 140 valence electrons. The van der Waals surface area contributed by atoms with Gasteiger partial charge in [0.05, 0.1) is 0 Å². The summed E-state index contributed by atoms with van der Waals surface area (Å²) >= 11 is 5.96. The zero-order chi connectivity index (χ0) is 17.6. The highest BCUT2D eigenvalue weighted by molar-refractivity contribution is 14.0. The van der Waals surface area contributed by atoms with Gasteiger partial charge in [0.2, 0.25) is 0 Å². The number of benzene rings is 1. The molecule has 0 saturated carbocycles. The lowest BCUT2D eigenvalue weighted by molar-refractivity contribution is 0.381. The van der Waals surface area contributed by atoms with E-state index >= 15 is 0 Å². The van der Waals surface area contributed by atoms with Crippen LogP contribution in [-0.4, -0.2) is 48.6 Å². The van der Waals surface area contributed by atoms with Crippen LogP contribution in [0.2, 0.25) is 5.02 Å². The summed E-state index contributed by atoms with van der Waals surface area (Å²) in [6.07, 6.45) is 4.60. The molecule has 1 fully saturated rings. The summed E-state index contributed by atoms with van der Waals surface area (Å²) in [5.74, 6) is 0.641. The van der Waals surface area contributed by atoms with E-state index in [0.29, 0.717) is 12.5 Å². The molecule has 1 aliphatic rings. The van der Waals surface area contributed by atoms with Crippen molar-refractivity contribution in [2.75, 3.05) is 37.6 Å². The van der Waals surface area contributed by atoms with Gasteiger partial charge >= 0.3 is 0 Å². The topological polar surface area (TPSA) is 57.8 Å². The Bertz CT molecular complexity index is 727. The van der Waals surface area contributed by atoms with Crippen LogP contribution in [0, 0.1) is 6.92 Å². The van der Waals surface area contributed by atoms with Crippen LogP contribution in [0.4, 0.5) is 5.69 Å². The Labute approximate surface area is 177 Å². The third-order valence-electron chi connectivity index (χ3n) is 4.59. The lowest BCUT2D eigenvalue weighted by Crippen LogP contribution is -2.51. The molecule has 1 aliphatic heterocycles. The van der Waals surface area contributed by atoms with E-state index < -0.39 is 0 Å². The zero-order valence-corrected chi connectivity index (χ0v) is 18.0. The molecule has 2 heterocycles. The highest BCUT2D eigenvalue weighted by Gasteiger charge is 2.18. The van der Waals surface area contributed by atoms with E-state index in [1.54, 1.807) is 0 Å². The molecule has 0 unspecified atom stereocenters. The van der Waals surface area contributed by atoms with Crippen molar-refractivity contribution in [3.05, 3.63) is 58.9 Å². The van der Waals surface area contributed by atoms with Crippen molar-refractivity contribution < 1.29 is 0 Å². The van der Waals surface area contributed by atoms with Crippen LogP contribution < -0.4 is 10.6 Å². The predicted octanol–water partition coefficient (Wildman–Crippen LogP) is 3.34. The fraction of sp³-hybridized carbons (Fsp3) is 0.368. The average Bonchev–Trinajstić information content (AvgIpc) is 2.64. The van der Waals surface area contributed by atoms with Crippen LogP contribution in [0.5, 0.6) is 0 Å². The van der Waals surface area contributed by atoms with Crippen molar-refractivity contribution in [3.63, 3.8) is 0 Å². The Hall–Kier alpha value is -1.54. The number of hydrogen-bond acceptors (Lipinski definition) is 3. The van der Waals surface area contributed by atoms with E-state index in [0.717, 1.165) is 37.6 Å². The number of halogens is 2. The van der Waals surface area contributed by atoms with Gasteiger partial charge in [-0.2, -0.15) is 0 Å². The maximum absolute atomic E-state index is 6.18. The number of aliphatic imine (C=N–C) groups is 1. The molecular weight excluding hydrogens is 461 g/mol. The summed E-state index contributed by atoms with van der Waals surface area (Å²) < 4.78 is 0. The van der Waals surface area contributed by atoms with Gasteiger partial charge in [-0.3, -0.25) is 9.98 Å². The Balaban J connectivity index is 0.00000243. The second kappa shape index (κ2) is 9.97. The van der Waals surface area contributed by atoms with Gasteiger partial charge < -0.3 is 15.5 Å². The highest BCUT2D eigenvalue weighted by Crippen LogP contribution is 2.19. The largest absolute Gasteiger partial charge is 0.370 e. The number of rotatable bonds is 4. The quantitative estimate of drug-likeness (QED) is 0.410. The summed E-state index contributed by atoms with van der Waals surface area (Å²) in [4.78, 5) is 13.2. The third kappa shape index (κ3) is 5.48. The number of piperazine rings is 1. The molecule has 0 aliphatic carbocycles. The van der Waals surface area contributed by atoms with Gasteiger partial charge in [0.1, 0.15) is 0 Å². The third-order valence-corrected chi connectivity index (χ3v) is 4.84. The van der Waals surface area contributed by atoms with Gasteiger partial charge in [-0.15, -0.1) is 24.0 Å². The van der Waals surface area contributed by atoms with Crippen LogP contribution >= 0.6 is 35.6 Å². The van der Waals surface area contributed by atoms with Gasteiger partial charge in [0.15, 0.2) is 5.96 Å². The number of guanidine groups is 1. The van der Waals surface area contributed by atoms with Gasteiger partial charge in [0.25, 0.3) is 0 Å². The lowest BCUT2D eigenvalue weighted by atomic mass is 10.1. The first kappa shape index (κ1) is 20.8. The summed E-state index contributed by atoms with van der Waals surface area (Å²) in [7, 11) is 0. The number of aryl methyl sites for hydroxylation is 1. The molecule has 1 aromatic heterocycles. The van der Waals surface area contributed by atoms with E-state index in [2.05, 4.69) is 38.8 Å². The van der Waals surface area contributed by atoms with E-state index in [4.69, 9.17) is 17.3 Å². The predicted molar refractivity (Wildman–Crippen MR) is 120 cm³/mol. The van der Waals surface area contributed by atoms with Crippen molar-refractivity contribution in [3.8, 4) is 0 Å². The number of nitrogens with two attached hydrogens (primary N) is 1. The van der Waals surface area contributed by atoms with Crippen molar-refractivity contribution in [2.45, 2.75) is 13.3 Å². The molecule has 26 heavy (non-hydrogen) atoms. The molecule has 0 radical (unpaired) electrons. The first-order valence-electron chi connectivity index (χ1n) is 8.58. The zero-order valence-electron chi connectivity index (χ0n) is 14.9. The summed E-state index contributed by atoms with van der Waals surface area (Å²) in [5.41, 5.74) is 9.86. The number of pyridine rings is 1. The average molecular weight is 486 g/mol. The van der Waals surface area contributed by atoms with Gasteiger partial charge in [-0.1, -0.05) is 11.6 Å². The van der Waals surface area contributed by atoms with Crippen molar-refractivity contribution >= 4 is 47.2 Å². The van der Waals surface area contributed by atoms with E-state index in [1.807, 2.05) is 30.6 Å². The molecule has 1 saturated heterocycles. The van der Waals surface area contributed by atoms with Crippen molar-refractivity contribution in [1.29, 1.82) is 0 Å². The summed E-state index contributed by atoms with van der Waals surface area (Å²) in [5, 5.41) is 0.767. The van der Waals surface area contributed by atoms with Crippen LogP contribution in [0.15, 0.2) is 47.7 Å². The van der Waals surface area contributed by atoms with Crippen LogP contribution in [0.25, 0.3) is 0 Å². The maximum Gasteiger partial charge on any atom is 0.191 e. The molecule has 3 rings (SSSR count). The number of aromatic nitrogens is 1. The first-order chi connectivity index (χ1) is 12.1. The van der Waals surface area contributed by atoms with E-state index in [1.165, 1.54) is 16.8 Å². The van der Waals surface area contributed by atoms with Crippen LogP contribution in [0.3, 0.4) is 0 Å². The lowest BCUT2D eigenvalue weighted by Gasteiger charge is -2.36. The second-order valence-electron chi connectivity index (χ2n) is 6.24.